The summed E-state index contributed by atoms with van der Waals surface area (Å²) in [5, 5.41) is 0. The zero-order valence-electron chi connectivity index (χ0n) is 8.86. The normalized spacial score (nSPS) is 16.6. The highest BCUT2D eigenvalue weighted by molar-refractivity contribution is 9.10. The van der Waals surface area contributed by atoms with E-state index in [1.54, 1.807) is 0 Å². The Balaban J connectivity index is 2.11. The lowest BCUT2D eigenvalue weighted by molar-refractivity contribution is -0.123. The molecule has 0 unspecified atom stereocenters. The van der Waals surface area contributed by atoms with Crippen LogP contribution in [0.2, 0.25) is 0 Å². The second kappa shape index (κ2) is 4.91. The number of Topliss-reactive ketones (excluding diaryl/α,β-unsaturated/α-hetero) is 1. The second-order valence-electron chi connectivity index (χ2n) is 4.12. The first-order valence-corrected chi connectivity index (χ1v) is 6.20. The van der Waals surface area contributed by atoms with E-state index in [-0.39, 0.29) is 23.8 Å². The molecule has 0 radical (unpaired) electrons. The fourth-order valence-electron chi connectivity index (χ4n) is 2.08. The van der Waals surface area contributed by atoms with Gasteiger partial charge in [0.25, 0.3) is 5.56 Å². The molecule has 4 nitrogen and oxygen atoms in total. The lowest BCUT2D eigenvalue weighted by atomic mass is 10.0. The average Bonchev–Trinajstić information content (AvgIpc) is 2.78. The molecule has 0 spiro atoms. The first-order chi connectivity index (χ1) is 7.68. The summed E-state index contributed by atoms with van der Waals surface area (Å²) >= 11 is 3.11. The number of carbonyl (C=O) groups excluding carboxylic acids is 1. The molecule has 5 heteroatoms. The van der Waals surface area contributed by atoms with E-state index in [0.717, 1.165) is 25.7 Å². The number of rotatable bonds is 3. The Morgan fingerprint density at radius 1 is 1.50 bits per heavy atom. The van der Waals surface area contributed by atoms with E-state index in [1.165, 1.54) is 17.1 Å². The number of halogens is 1. The maximum absolute atomic E-state index is 11.9. The Morgan fingerprint density at radius 3 is 2.88 bits per heavy atom. The van der Waals surface area contributed by atoms with Gasteiger partial charge in [-0.2, -0.15) is 0 Å². The summed E-state index contributed by atoms with van der Waals surface area (Å²) in [6.45, 7) is 0.149. The van der Waals surface area contributed by atoms with Gasteiger partial charge in [-0.1, -0.05) is 12.8 Å². The number of ketones is 1. The van der Waals surface area contributed by atoms with Crippen LogP contribution in [0.1, 0.15) is 25.7 Å². The summed E-state index contributed by atoms with van der Waals surface area (Å²) in [6.07, 6.45) is 7.05. The van der Waals surface area contributed by atoms with E-state index in [0.29, 0.717) is 4.47 Å². The van der Waals surface area contributed by atoms with E-state index < -0.39 is 0 Å². The lowest BCUT2D eigenvalue weighted by Crippen LogP contribution is -2.27. The largest absolute Gasteiger partial charge is 0.297 e. The molecule has 1 aliphatic rings. The topological polar surface area (TPSA) is 52.0 Å². The van der Waals surface area contributed by atoms with Gasteiger partial charge in [0.05, 0.1) is 12.9 Å². The van der Waals surface area contributed by atoms with Crippen molar-refractivity contribution in [2.24, 2.45) is 5.92 Å². The van der Waals surface area contributed by atoms with Crippen molar-refractivity contribution in [3.05, 3.63) is 27.4 Å². The molecule has 1 aliphatic carbocycles. The predicted molar refractivity (Wildman–Crippen MR) is 63.2 cm³/mol. The minimum absolute atomic E-state index is 0.144. The third-order valence-electron chi connectivity index (χ3n) is 3.00. The van der Waals surface area contributed by atoms with Gasteiger partial charge in [-0.15, -0.1) is 0 Å². The molecule has 2 rings (SSSR count). The molecule has 16 heavy (non-hydrogen) atoms. The average molecular weight is 285 g/mol. The summed E-state index contributed by atoms with van der Waals surface area (Å²) < 4.78 is 1.76. The molecular weight excluding hydrogens is 272 g/mol. The van der Waals surface area contributed by atoms with Gasteiger partial charge in [0, 0.05) is 12.1 Å². The highest BCUT2D eigenvalue weighted by Crippen LogP contribution is 2.25. The highest BCUT2D eigenvalue weighted by Gasteiger charge is 2.22. The van der Waals surface area contributed by atoms with E-state index >= 15 is 0 Å². The molecule has 1 aromatic heterocycles. The first kappa shape index (κ1) is 11.5. The smallest absolute Gasteiger partial charge is 0.268 e. The SMILES string of the molecule is O=C(Cn1cncc(Br)c1=O)C1CCCC1. The molecule has 1 heterocycles. The minimum atomic E-state index is -0.193. The van der Waals surface area contributed by atoms with E-state index in [1.807, 2.05) is 0 Å². The maximum atomic E-state index is 11.9. The van der Waals surface area contributed by atoms with Crippen molar-refractivity contribution >= 4 is 21.7 Å². The fraction of sp³-hybridized carbons (Fsp3) is 0.545. The molecule has 1 saturated carbocycles. The van der Waals surface area contributed by atoms with Crippen molar-refractivity contribution in [2.45, 2.75) is 32.2 Å². The van der Waals surface area contributed by atoms with Crippen LogP contribution in [0, 0.1) is 5.92 Å². The fourth-order valence-corrected chi connectivity index (χ4v) is 2.43. The molecule has 0 saturated heterocycles. The molecule has 1 aromatic rings. The van der Waals surface area contributed by atoms with Crippen LogP contribution in [-0.2, 0) is 11.3 Å². The van der Waals surface area contributed by atoms with Crippen LogP contribution in [-0.4, -0.2) is 15.3 Å². The zero-order valence-corrected chi connectivity index (χ0v) is 10.4. The van der Waals surface area contributed by atoms with Crippen molar-refractivity contribution < 1.29 is 4.79 Å². The van der Waals surface area contributed by atoms with Gasteiger partial charge in [-0.25, -0.2) is 4.98 Å². The molecule has 0 bridgehead atoms. The summed E-state index contributed by atoms with van der Waals surface area (Å²) in [4.78, 5) is 27.4. The number of hydrogen-bond donors (Lipinski definition) is 0. The van der Waals surface area contributed by atoms with E-state index in [4.69, 9.17) is 0 Å². The highest BCUT2D eigenvalue weighted by atomic mass is 79.9. The third-order valence-corrected chi connectivity index (χ3v) is 3.54. The van der Waals surface area contributed by atoms with E-state index in [2.05, 4.69) is 20.9 Å². The number of nitrogens with zero attached hydrogens (tertiary/aromatic N) is 2. The van der Waals surface area contributed by atoms with Gasteiger partial charge in [0.2, 0.25) is 0 Å². The van der Waals surface area contributed by atoms with Crippen LogP contribution >= 0.6 is 15.9 Å². The van der Waals surface area contributed by atoms with Crippen LogP contribution < -0.4 is 5.56 Å². The van der Waals surface area contributed by atoms with Gasteiger partial charge >= 0.3 is 0 Å². The molecular formula is C11H13BrN2O2. The van der Waals surface area contributed by atoms with Crippen LogP contribution in [0.25, 0.3) is 0 Å². The Hall–Kier alpha value is -0.970. The number of aromatic nitrogens is 2. The van der Waals surface area contributed by atoms with Crippen LogP contribution in [0.3, 0.4) is 0 Å². The van der Waals surface area contributed by atoms with Crippen molar-refractivity contribution in [3.63, 3.8) is 0 Å². The van der Waals surface area contributed by atoms with Crippen molar-refractivity contribution in [1.82, 2.24) is 9.55 Å². The Bertz CT molecular complexity index is 450. The molecule has 0 aromatic carbocycles. The van der Waals surface area contributed by atoms with Crippen LogP contribution in [0.5, 0.6) is 0 Å². The summed E-state index contributed by atoms with van der Waals surface area (Å²) in [5.74, 6) is 0.297. The summed E-state index contributed by atoms with van der Waals surface area (Å²) in [7, 11) is 0. The first-order valence-electron chi connectivity index (χ1n) is 5.41. The molecule has 0 aliphatic heterocycles. The maximum Gasteiger partial charge on any atom is 0.268 e. The van der Waals surface area contributed by atoms with Crippen LogP contribution in [0.15, 0.2) is 21.8 Å². The number of carbonyl (C=O) groups is 1. The monoisotopic (exact) mass is 284 g/mol. The second-order valence-corrected chi connectivity index (χ2v) is 4.98. The van der Waals surface area contributed by atoms with Crippen molar-refractivity contribution in [1.29, 1.82) is 0 Å². The third kappa shape index (κ3) is 2.40. The van der Waals surface area contributed by atoms with Gasteiger partial charge in [0.15, 0.2) is 5.78 Å². The molecule has 0 N–H and O–H groups in total. The van der Waals surface area contributed by atoms with Gasteiger partial charge in [0.1, 0.15) is 4.47 Å². The van der Waals surface area contributed by atoms with Crippen molar-refractivity contribution in [3.8, 4) is 0 Å². The summed E-state index contributed by atoms with van der Waals surface area (Å²) in [6, 6.07) is 0. The molecule has 86 valence electrons. The Morgan fingerprint density at radius 2 is 2.19 bits per heavy atom. The van der Waals surface area contributed by atoms with Gasteiger partial charge in [-0.3, -0.25) is 14.2 Å². The molecule has 1 fully saturated rings. The molecule has 0 atom stereocenters. The predicted octanol–water partition coefficient (Wildman–Crippen LogP) is 1.77. The number of hydrogen-bond acceptors (Lipinski definition) is 3. The van der Waals surface area contributed by atoms with Crippen LogP contribution in [0.4, 0.5) is 0 Å². The molecule has 0 amide bonds. The summed E-state index contributed by atoms with van der Waals surface area (Å²) in [5.41, 5.74) is -0.193. The lowest BCUT2D eigenvalue weighted by Gasteiger charge is -2.09. The zero-order chi connectivity index (χ0) is 11.5. The minimum Gasteiger partial charge on any atom is -0.297 e. The Kier molecular flexibility index (Phi) is 3.53. The standard InChI is InChI=1S/C11H13BrN2O2/c12-9-5-13-7-14(11(9)16)6-10(15)8-3-1-2-4-8/h5,7-8H,1-4,6H2. The van der Waals surface area contributed by atoms with Gasteiger partial charge in [-0.05, 0) is 28.8 Å². The van der Waals surface area contributed by atoms with Gasteiger partial charge < -0.3 is 0 Å². The quantitative estimate of drug-likeness (QED) is 0.850. The van der Waals surface area contributed by atoms with Crippen molar-refractivity contribution in [2.75, 3.05) is 0 Å². The van der Waals surface area contributed by atoms with E-state index in [9.17, 15) is 9.59 Å². The Labute approximate surface area is 102 Å².